The first-order chi connectivity index (χ1) is 5.24. The van der Waals surface area contributed by atoms with E-state index in [1.807, 2.05) is 5.70 Å². The van der Waals surface area contributed by atoms with Crippen molar-refractivity contribution in [2.45, 2.75) is 25.8 Å². The summed E-state index contributed by atoms with van der Waals surface area (Å²) >= 11 is 0. The summed E-state index contributed by atoms with van der Waals surface area (Å²) in [5, 5.41) is 0. The Morgan fingerprint density at radius 1 is 1.36 bits per heavy atom. The van der Waals surface area contributed by atoms with Crippen LogP contribution < -0.4 is 0 Å². The molecule has 0 aromatic rings. The van der Waals surface area contributed by atoms with Crippen molar-refractivity contribution in [2.24, 2.45) is 0 Å². The minimum absolute atomic E-state index is 1.01. The van der Waals surface area contributed by atoms with Crippen molar-refractivity contribution in [3.63, 3.8) is 0 Å². The molecule has 0 saturated carbocycles. The number of hydrogen-bond donors (Lipinski definition) is 0. The monoisotopic (exact) mass is 174 g/mol. The summed E-state index contributed by atoms with van der Waals surface area (Å²) < 4.78 is 10.7. The van der Waals surface area contributed by atoms with Gasteiger partial charge in [0.05, 0.1) is 0 Å². The molecule has 0 aliphatic rings. The summed E-state index contributed by atoms with van der Waals surface area (Å²) in [7, 11) is 1.43. The molecule has 0 spiro atoms. The summed E-state index contributed by atoms with van der Waals surface area (Å²) in [6.07, 6.45) is 2.33. The average molecular weight is 174 g/mol. The lowest BCUT2D eigenvalue weighted by molar-refractivity contribution is 0.254. The number of rotatable bonds is 6. The highest BCUT2D eigenvalue weighted by Crippen LogP contribution is 2.15. The third-order valence-corrected chi connectivity index (χ3v) is 4.94. The molecule has 0 aliphatic carbocycles. The van der Waals surface area contributed by atoms with Crippen LogP contribution >= 0.6 is 0 Å². The summed E-state index contributed by atoms with van der Waals surface area (Å²) in [6, 6.07) is 1.01. The molecule has 0 radical (unpaired) electrons. The van der Waals surface area contributed by atoms with Crippen LogP contribution in [0.1, 0.15) is 19.8 Å². The first kappa shape index (κ1) is 10.9. The lowest BCUT2D eigenvalue weighted by Crippen LogP contribution is -2.37. The summed E-state index contributed by atoms with van der Waals surface area (Å²) in [5.41, 5.74) is 1.85. The Morgan fingerprint density at radius 2 is 1.91 bits per heavy atom. The molecule has 0 amide bonds. The number of unbranched alkanes of at least 4 members (excludes halogenated alkanes) is 1. The van der Waals surface area contributed by atoms with E-state index >= 15 is 0 Å². The minimum Gasteiger partial charge on any atom is -0.395 e. The van der Waals surface area contributed by atoms with Gasteiger partial charge in [-0.1, -0.05) is 19.8 Å². The Kier molecular flexibility index (Phi) is 5.46. The minimum atomic E-state index is -1.97. The van der Waals surface area contributed by atoms with Gasteiger partial charge in [-0.3, -0.25) is 0 Å². The normalized spacial score (nSPS) is 11.5. The van der Waals surface area contributed by atoms with Gasteiger partial charge in [-0.25, -0.2) is 0 Å². The molecule has 0 bridgehead atoms. The molecule has 0 aromatic heterocycles. The standard InChI is InChI=1S/C8H18O2Si/c1-5-7-8-11(6-2,9-3)10-4/h6H,2,5,7-8H2,1,3-4H3. The third kappa shape index (κ3) is 3.18. The molecule has 0 aliphatic heterocycles. The van der Waals surface area contributed by atoms with Gasteiger partial charge in [0.1, 0.15) is 0 Å². The average Bonchev–Trinajstić information content (AvgIpc) is 2.08. The smallest absolute Gasteiger partial charge is 0.363 e. The molecule has 66 valence electrons. The lowest BCUT2D eigenvalue weighted by Gasteiger charge is -2.22. The first-order valence-corrected chi connectivity index (χ1v) is 6.08. The first-order valence-electron chi connectivity index (χ1n) is 3.98. The molecule has 0 aromatic carbocycles. The predicted octanol–water partition coefficient (Wildman–Crippen LogP) is 2.25. The summed E-state index contributed by atoms with van der Waals surface area (Å²) in [5.74, 6) is 0. The molecular formula is C8H18O2Si. The van der Waals surface area contributed by atoms with Crippen molar-refractivity contribution >= 4 is 8.56 Å². The van der Waals surface area contributed by atoms with Gasteiger partial charge in [-0.05, 0) is 11.7 Å². The molecule has 2 nitrogen and oxygen atoms in total. The van der Waals surface area contributed by atoms with Crippen molar-refractivity contribution in [3.8, 4) is 0 Å². The van der Waals surface area contributed by atoms with Gasteiger partial charge in [-0.2, -0.15) is 0 Å². The maximum Gasteiger partial charge on any atom is 0.363 e. The summed E-state index contributed by atoms with van der Waals surface area (Å²) in [4.78, 5) is 0. The molecule has 11 heavy (non-hydrogen) atoms. The second-order valence-corrected chi connectivity index (χ2v) is 5.88. The SMILES string of the molecule is C=C[Si](CCCC)(OC)OC. The quantitative estimate of drug-likeness (QED) is 0.575. The maximum absolute atomic E-state index is 5.34. The largest absolute Gasteiger partial charge is 0.395 e. The van der Waals surface area contributed by atoms with E-state index in [0.29, 0.717) is 0 Å². The second kappa shape index (κ2) is 5.52. The van der Waals surface area contributed by atoms with Crippen LogP contribution in [0.25, 0.3) is 0 Å². The van der Waals surface area contributed by atoms with Gasteiger partial charge in [0, 0.05) is 14.2 Å². The summed E-state index contributed by atoms with van der Waals surface area (Å²) in [6.45, 7) is 5.90. The van der Waals surface area contributed by atoms with Crippen LogP contribution in [-0.4, -0.2) is 22.8 Å². The van der Waals surface area contributed by atoms with Gasteiger partial charge in [0.25, 0.3) is 0 Å². The van der Waals surface area contributed by atoms with Crippen LogP contribution in [-0.2, 0) is 8.85 Å². The Morgan fingerprint density at radius 3 is 2.18 bits per heavy atom. The Bertz CT molecular complexity index is 111. The highest BCUT2D eigenvalue weighted by molar-refractivity contribution is 6.72. The van der Waals surface area contributed by atoms with E-state index in [4.69, 9.17) is 8.85 Å². The molecule has 0 saturated heterocycles. The molecule has 0 heterocycles. The van der Waals surface area contributed by atoms with Crippen LogP contribution in [0.15, 0.2) is 12.3 Å². The topological polar surface area (TPSA) is 18.5 Å². The third-order valence-electron chi connectivity index (χ3n) is 1.88. The zero-order valence-electron chi connectivity index (χ0n) is 7.72. The van der Waals surface area contributed by atoms with E-state index in [9.17, 15) is 0 Å². The van der Waals surface area contributed by atoms with Crippen LogP contribution in [0, 0.1) is 0 Å². The zero-order valence-corrected chi connectivity index (χ0v) is 8.72. The van der Waals surface area contributed by atoms with Gasteiger partial charge in [-0.15, -0.1) is 6.58 Å². The molecule has 3 heteroatoms. The fourth-order valence-corrected chi connectivity index (χ4v) is 2.94. The van der Waals surface area contributed by atoms with Gasteiger partial charge in [0.2, 0.25) is 0 Å². The molecule has 0 atom stereocenters. The molecule has 0 unspecified atom stereocenters. The van der Waals surface area contributed by atoms with Crippen molar-refractivity contribution in [1.82, 2.24) is 0 Å². The van der Waals surface area contributed by atoms with Gasteiger partial charge in [0.15, 0.2) is 0 Å². The van der Waals surface area contributed by atoms with E-state index in [0.717, 1.165) is 12.5 Å². The number of hydrogen-bond acceptors (Lipinski definition) is 2. The fraction of sp³-hybridized carbons (Fsp3) is 0.750. The molecular weight excluding hydrogens is 156 g/mol. The highest BCUT2D eigenvalue weighted by Gasteiger charge is 2.30. The van der Waals surface area contributed by atoms with E-state index < -0.39 is 8.56 Å². The highest BCUT2D eigenvalue weighted by atomic mass is 28.4. The van der Waals surface area contributed by atoms with Crippen molar-refractivity contribution in [3.05, 3.63) is 12.3 Å². The van der Waals surface area contributed by atoms with E-state index in [1.165, 1.54) is 6.42 Å². The van der Waals surface area contributed by atoms with E-state index in [-0.39, 0.29) is 0 Å². The van der Waals surface area contributed by atoms with E-state index in [1.54, 1.807) is 14.2 Å². The Labute approximate surface area is 70.5 Å². The van der Waals surface area contributed by atoms with Crippen LogP contribution in [0.4, 0.5) is 0 Å². The Balaban J connectivity index is 3.94. The Hall–Kier alpha value is -0.123. The van der Waals surface area contributed by atoms with Crippen LogP contribution in [0.5, 0.6) is 0 Å². The van der Waals surface area contributed by atoms with Crippen LogP contribution in [0.2, 0.25) is 6.04 Å². The molecule has 0 N–H and O–H groups in total. The second-order valence-electron chi connectivity index (χ2n) is 2.53. The lowest BCUT2D eigenvalue weighted by atomic mass is 10.4. The van der Waals surface area contributed by atoms with Gasteiger partial charge < -0.3 is 8.85 Å². The van der Waals surface area contributed by atoms with Crippen molar-refractivity contribution in [2.75, 3.05) is 14.2 Å². The maximum atomic E-state index is 5.34. The van der Waals surface area contributed by atoms with Crippen molar-refractivity contribution in [1.29, 1.82) is 0 Å². The van der Waals surface area contributed by atoms with Gasteiger partial charge >= 0.3 is 8.56 Å². The molecule has 0 fully saturated rings. The predicted molar refractivity (Wildman–Crippen MR) is 49.7 cm³/mol. The zero-order chi connectivity index (χ0) is 8.74. The molecule has 0 rings (SSSR count). The fourth-order valence-electron chi connectivity index (χ4n) is 0.979. The van der Waals surface area contributed by atoms with Crippen LogP contribution in [0.3, 0.4) is 0 Å². The van der Waals surface area contributed by atoms with Crippen molar-refractivity contribution < 1.29 is 8.85 Å². The van der Waals surface area contributed by atoms with E-state index in [2.05, 4.69) is 13.5 Å².